The Morgan fingerprint density at radius 3 is 2.73 bits per heavy atom. The van der Waals surface area contributed by atoms with Crippen molar-refractivity contribution in [1.82, 2.24) is 14.6 Å². The summed E-state index contributed by atoms with van der Waals surface area (Å²) in [5, 5.41) is -0.591. The van der Waals surface area contributed by atoms with Gasteiger partial charge in [-0.1, -0.05) is 6.57 Å². The second-order valence-corrected chi connectivity index (χ2v) is 11.8. The van der Waals surface area contributed by atoms with Gasteiger partial charge in [-0.25, -0.2) is 12.8 Å². The van der Waals surface area contributed by atoms with Crippen LogP contribution < -0.4 is 4.72 Å². The number of benzene rings is 1. The molecule has 1 aromatic heterocycles. The van der Waals surface area contributed by atoms with Crippen molar-refractivity contribution in [2.75, 3.05) is 24.6 Å². The van der Waals surface area contributed by atoms with Crippen molar-refractivity contribution in [3.63, 3.8) is 0 Å². The molecule has 3 aliphatic rings. The van der Waals surface area contributed by atoms with Crippen LogP contribution in [0, 0.1) is 12.4 Å². The highest BCUT2D eigenvalue weighted by molar-refractivity contribution is 8.00. The Morgan fingerprint density at radius 1 is 1.27 bits per heavy atom. The van der Waals surface area contributed by atoms with Crippen LogP contribution in [0.15, 0.2) is 24.4 Å². The van der Waals surface area contributed by atoms with Gasteiger partial charge < -0.3 is 4.85 Å². The molecule has 1 amide bonds. The topological polar surface area (TPSA) is 83.7 Å². The number of hydrogen-bond acceptors (Lipinski definition) is 6. The summed E-state index contributed by atoms with van der Waals surface area (Å²) < 4.78 is 42.6. The zero-order chi connectivity index (χ0) is 23.2. The Morgan fingerprint density at radius 2 is 2.03 bits per heavy atom. The minimum atomic E-state index is -3.78. The fraction of sp³-hybridized carbons (Fsp3) is 0.435. The third-order valence-corrected chi connectivity index (χ3v) is 9.61. The molecule has 0 spiro atoms. The minimum absolute atomic E-state index is 0.164. The van der Waals surface area contributed by atoms with Gasteiger partial charge in [-0.05, 0) is 65.3 Å². The van der Waals surface area contributed by atoms with Gasteiger partial charge in [-0.15, -0.1) is 4.98 Å². The lowest BCUT2D eigenvalue weighted by Gasteiger charge is -2.46. The first-order chi connectivity index (χ1) is 15.9. The lowest BCUT2D eigenvalue weighted by atomic mass is 9.91. The highest BCUT2D eigenvalue weighted by atomic mass is 32.2. The molecule has 2 aliphatic heterocycles. The van der Waals surface area contributed by atoms with Crippen LogP contribution in [-0.4, -0.2) is 60.1 Å². The van der Waals surface area contributed by atoms with Gasteiger partial charge in [0.2, 0.25) is 15.9 Å². The van der Waals surface area contributed by atoms with Gasteiger partial charge in [0.05, 0.1) is 6.42 Å². The number of amides is 1. The van der Waals surface area contributed by atoms with E-state index in [2.05, 4.69) is 19.5 Å². The van der Waals surface area contributed by atoms with E-state index in [4.69, 9.17) is 6.57 Å². The van der Waals surface area contributed by atoms with Crippen LogP contribution in [0.1, 0.15) is 23.1 Å². The Hall–Kier alpha value is -2.48. The predicted octanol–water partition coefficient (Wildman–Crippen LogP) is 2.72. The molecule has 5 rings (SSSR count). The molecule has 2 aromatic rings. The number of carbonyl (C=O) groups is 1. The maximum Gasteiger partial charge on any atom is 0.270 e. The summed E-state index contributed by atoms with van der Waals surface area (Å²) in [5.41, 5.74) is 3.09. The predicted molar refractivity (Wildman–Crippen MR) is 125 cm³/mol. The average Bonchev–Trinajstić information content (AvgIpc) is 3.21. The highest BCUT2D eigenvalue weighted by Gasteiger charge is 2.42. The zero-order valence-corrected chi connectivity index (χ0v) is 19.5. The van der Waals surface area contributed by atoms with Crippen molar-refractivity contribution in [2.45, 2.75) is 37.0 Å². The molecule has 0 unspecified atom stereocenters. The van der Waals surface area contributed by atoms with Crippen LogP contribution in [-0.2, 0) is 34.1 Å². The van der Waals surface area contributed by atoms with E-state index in [-0.39, 0.29) is 18.1 Å². The van der Waals surface area contributed by atoms with Gasteiger partial charge in [-0.3, -0.25) is 14.4 Å². The van der Waals surface area contributed by atoms with Gasteiger partial charge in [0, 0.05) is 30.6 Å². The average molecular weight is 487 g/mol. The quantitative estimate of drug-likeness (QED) is 0.633. The lowest BCUT2D eigenvalue weighted by Crippen LogP contribution is -2.63. The van der Waals surface area contributed by atoms with Gasteiger partial charge in [0.25, 0.3) is 5.82 Å². The zero-order valence-electron chi connectivity index (χ0n) is 17.9. The van der Waals surface area contributed by atoms with E-state index in [0.717, 1.165) is 23.5 Å². The number of nitrogens with one attached hydrogen (secondary N) is 1. The third kappa shape index (κ3) is 4.25. The molecule has 1 N–H and O–H groups in total. The second-order valence-electron chi connectivity index (χ2n) is 8.72. The minimum Gasteiger partial charge on any atom is -0.361 e. The Bertz CT molecular complexity index is 1270. The number of nitrogens with zero attached hydrogens (tertiary/aromatic N) is 3. The maximum atomic E-state index is 14.8. The SMILES string of the molecule is [C-]#[N+]c1cc(-c2cc(F)c3c(c2CC(=O)NS(=O)(=O)C2CN(C4CSC4)C2)CCC3)ccn1. The summed E-state index contributed by atoms with van der Waals surface area (Å²) in [6.07, 6.45) is 3.32. The normalized spacial score (nSPS) is 18.8. The number of rotatable bonds is 6. The van der Waals surface area contributed by atoms with Crippen molar-refractivity contribution in [1.29, 1.82) is 0 Å². The molecule has 10 heteroatoms. The standard InChI is InChI=1S/C23H23FN4O3S2/c1-25-22-7-14(5-6-26-22)19-8-21(24)18-4-2-3-17(18)20(19)9-23(29)27-33(30,31)16-10-28(11-16)15-12-32-13-15/h5-8,15-16H,2-4,9-13H2,(H,27,29). The fourth-order valence-corrected chi connectivity index (χ4v) is 6.95. The molecular formula is C23H23FN4O3S2. The van der Waals surface area contributed by atoms with Crippen LogP contribution in [0.2, 0.25) is 0 Å². The monoisotopic (exact) mass is 486 g/mol. The number of halogens is 1. The molecule has 0 atom stereocenters. The largest absolute Gasteiger partial charge is 0.361 e. The van der Waals surface area contributed by atoms with Gasteiger partial charge in [0.15, 0.2) is 0 Å². The van der Waals surface area contributed by atoms with Gasteiger partial charge in [-0.2, -0.15) is 11.8 Å². The lowest BCUT2D eigenvalue weighted by molar-refractivity contribution is -0.118. The molecule has 3 heterocycles. The van der Waals surface area contributed by atoms with E-state index in [0.29, 0.717) is 54.2 Å². The Balaban J connectivity index is 1.39. The smallest absolute Gasteiger partial charge is 0.270 e. The number of thioether (sulfide) groups is 1. The van der Waals surface area contributed by atoms with Crippen LogP contribution >= 0.6 is 11.8 Å². The van der Waals surface area contributed by atoms with Crippen molar-refractivity contribution in [2.24, 2.45) is 0 Å². The van der Waals surface area contributed by atoms with E-state index in [1.807, 2.05) is 11.8 Å². The molecule has 2 fully saturated rings. The molecular weight excluding hydrogens is 463 g/mol. The molecule has 7 nitrogen and oxygen atoms in total. The Labute approximate surface area is 196 Å². The number of pyridine rings is 1. The van der Waals surface area contributed by atoms with Crippen LogP contribution in [0.3, 0.4) is 0 Å². The summed E-state index contributed by atoms with van der Waals surface area (Å²) in [5.74, 6) is 1.28. The summed E-state index contributed by atoms with van der Waals surface area (Å²) in [4.78, 5) is 22.3. The molecule has 0 bridgehead atoms. The molecule has 172 valence electrons. The molecule has 1 aliphatic carbocycles. The van der Waals surface area contributed by atoms with E-state index in [1.165, 1.54) is 12.3 Å². The molecule has 33 heavy (non-hydrogen) atoms. The van der Waals surface area contributed by atoms with Crippen LogP contribution in [0.4, 0.5) is 10.2 Å². The van der Waals surface area contributed by atoms with Crippen molar-refractivity contribution in [3.8, 4) is 11.1 Å². The number of sulfonamides is 1. The number of aromatic nitrogens is 1. The van der Waals surface area contributed by atoms with Crippen molar-refractivity contribution < 1.29 is 17.6 Å². The Kier molecular flexibility index (Phi) is 5.89. The molecule has 2 saturated heterocycles. The summed E-state index contributed by atoms with van der Waals surface area (Å²) in [6.45, 7) is 8.10. The van der Waals surface area contributed by atoms with E-state index >= 15 is 0 Å². The summed E-state index contributed by atoms with van der Waals surface area (Å²) in [6, 6.07) is 5.07. The van der Waals surface area contributed by atoms with E-state index < -0.39 is 21.2 Å². The summed E-state index contributed by atoms with van der Waals surface area (Å²) >= 11 is 1.85. The molecule has 1 aromatic carbocycles. The van der Waals surface area contributed by atoms with Gasteiger partial charge in [0.1, 0.15) is 17.3 Å². The third-order valence-electron chi connectivity index (χ3n) is 6.68. The van der Waals surface area contributed by atoms with Crippen molar-refractivity contribution >= 4 is 33.5 Å². The molecule has 0 saturated carbocycles. The van der Waals surface area contributed by atoms with Crippen molar-refractivity contribution in [3.05, 3.63) is 58.3 Å². The van der Waals surface area contributed by atoms with E-state index in [9.17, 15) is 17.6 Å². The first-order valence-electron chi connectivity index (χ1n) is 10.9. The van der Waals surface area contributed by atoms with Crippen LogP contribution in [0.5, 0.6) is 0 Å². The number of likely N-dealkylation sites (tertiary alicyclic amines) is 1. The fourth-order valence-electron chi connectivity index (χ4n) is 4.75. The summed E-state index contributed by atoms with van der Waals surface area (Å²) in [7, 11) is -3.78. The number of hydrogen-bond donors (Lipinski definition) is 1. The maximum absolute atomic E-state index is 14.8. The first kappa shape index (κ1) is 22.3. The second kappa shape index (κ2) is 8.70. The van der Waals surface area contributed by atoms with Crippen LogP contribution in [0.25, 0.3) is 16.0 Å². The number of carbonyl (C=O) groups excluding carboxylic acids is 1. The first-order valence-corrected chi connectivity index (χ1v) is 13.6. The van der Waals surface area contributed by atoms with Gasteiger partial charge >= 0.3 is 0 Å². The number of fused-ring (bicyclic) bond motifs is 1. The molecule has 0 radical (unpaired) electrons. The van der Waals surface area contributed by atoms with E-state index in [1.54, 1.807) is 12.1 Å². The highest BCUT2D eigenvalue weighted by Crippen LogP contribution is 2.36.